The Labute approximate surface area is 394 Å². The molecule has 5 unspecified atom stereocenters. The molecule has 15 heteroatoms. The molecule has 2 rings (SSSR count). The van der Waals surface area contributed by atoms with Gasteiger partial charge in [-0.3, -0.25) is 18.6 Å². The SMILES string of the molecule is CC/C=C\C/C=C\C/C=C\C/C=C\CCCCCCCCC(=O)OC[C@H](COP(=O)(O)OC1[C@H](O)[C@H](O)C(O)[C@H](O)[C@H]1O)OC(=O)CCC/C=C\CC1OC1C/C=C\C/C=C\CCCCC. The van der Waals surface area contributed by atoms with Crippen molar-refractivity contribution in [3.05, 3.63) is 85.1 Å². The van der Waals surface area contributed by atoms with Crippen LogP contribution in [0.1, 0.15) is 155 Å². The second-order valence-corrected chi connectivity index (χ2v) is 18.4. The molecule has 0 radical (unpaired) electrons. The molecular weight excluding hydrogens is 868 g/mol. The van der Waals surface area contributed by atoms with Gasteiger partial charge in [-0.2, -0.15) is 0 Å². The van der Waals surface area contributed by atoms with E-state index in [1.807, 2.05) is 12.2 Å². The third-order valence-electron chi connectivity index (χ3n) is 11.1. The monoisotopic (exact) mass is 951 g/mol. The number of allylic oxidation sites excluding steroid dienone is 12. The molecule has 1 saturated carbocycles. The Morgan fingerprint density at radius 2 is 1.00 bits per heavy atom. The van der Waals surface area contributed by atoms with Crippen LogP contribution in [0.5, 0.6) is 0 Å². The van der Waals surface area contributed by atoms with Gasteiger partial charge in [-0.25, -0.2) is 4.57 Å². The summed E-state index contributed by atoms with van der Waals surface area (Å²) < 4.78 is 39.3. The maximum Gasteiger partial charge on any atom is 0.472 e. The van der Waals surface area contributed by atoms with E-state index in [9.17, 15) is 44.6 Å². The van der Waals surface area contributed by atoms with Crippen molar-refractivity contribution in [1.82, 2.24) is 0 Å². The quantitative estimate of drug-likeness (QED) is 0.0112. The molecule has 0 amide bonds. The highest BCUT2D eigenvalue weighted by molar-refractivity contribution is 7.47. The first kappa shape index (κ1) is 59.1. The Morgan fingerprint density at radius 1 is 0.545 bits per heavy atom. The first-order valence-corrected chi connectivity index (χ1v) is 26.0. The molecule has 1 aliphatic heterocycles. The zero-order valence-electron chi connectivity index (χ0n) is 39.6. The van der Waals surface area contributed by atoms with Crippen LogP contribution in [-0.2, 0) is 37.4 Å². The molecule has 2 aliphatic rings. The minimum absolute atomic E-state index is 0.00444. The summed E-state index contributed by atoms with van der Waals surface area (Å²) in [6.45, 7) is 3.08. The molecule has 1 aliphatic carbocycles. The first-order valence-electron chi connectivity index (χ1n) is 24.5. The van der Waals surface area contributed by atoms with Gasteiger partial charge < -0.3 is 44.6 Å². The largest absolute Gasteiger partial charge is 0.472 e. The van der Waals surface area contributed by atoms with Crippen LogP contribution in [0.4, 0.5) is 0 Å². The zero-order valence-corrected chi connectivity index (χ0v) is 40.5. The number of hydrogen-bond donors (Lipinski definition) is 6. The molecule has 0 aromatic rings. The van der Waals surface area contributed by atoms with E-state index < -0.39 is 75.7 Å². The third kappa shape index (κ3) is 28.3. The van der Waals surface area contributed by atoms with Crippen LogP contribution in [-0.4, -0.2) is 111 Å². The molecule has 0 aromatic heterocycles. The lowest BCUT2D eigenvalue weighted by atomic mass is 9.85. The molecule has 1 heterocycles. The number of ether oxygens (including phenoxy) is 3. The lowest BCUT2D eigenvalue weighted by Crippen LogP contribution is -2.64. The lowest BCUT2D eigenvalue weighted by molar-refractivity contribution is -0.220. The third-order valence-corrected chi connectivity index (χ3v) is 12.1. The number of carbonyl (C=O) groups is 2. The number of aliphatic hydroxyl groups is 5. The average Bonchev–Trinajstić information content (AvgIpc) is 4.06. The van der Waals surface area contributed by atoms with Gasteiger partial charge in [-0.1, -0.05) is 137 Å². The molecule has 0 bridgehead atoms. The van der Waals surface area contributed by atoms with Crippen molar-refractivity contribution in [3.8, 4) is 0 Å². The summed E-state index contributed by atoms with van der Waals surface area (Å²) in [5.41, 5.74) is 0. The maximum atomic E-state index is 12.8. The van der Waals surface area contributed by atoms with Crippen LogP contribution >= 0.6 is 7.82 Å². The summed E-state index contributed by atoms with van der Waals surface area (Å²) >= 11 is 0. The number of rotatable bonds is 38. The number of unbranched alkanes of at least 4 members (excludes halogenated alkanes) is 10. The number of epoxide rings is 1. The fraction of sp³-hybridized carbons (Fsp3) is 0.686. The van der Waals surface area contributed by atoms with Gasteiger partial charge in [-0.15, -0.1) is 0 Å². The van der Waals surface area contributed by atoms with Gasteiger partial charge in [0, 0.05) is 12.8 Å². The van der Waals surface area contributed by atoms with Crippen molar-refractivity contribution >= 4 is 19.8 Å². The van der Waals surface area contributed by atoms with Crippen LogP contribution in [0.3, 0.4) is 0 Å². The minimum Gasteiger partial charge on any atom is -0.462 e. The van der Waals surface area contributed by atoms with Crippen LogP contribution < -0.4 is 0 Å². The summed E-state index contributed by atoms with van der Waals surface area (Å²) in [6, 6.07) is 0. The average molecular weight is 951 g/mol. The molecular formula is C51H83O14P. The molecule has 376 valence electrons. The molecule has 0 aromatic carbocycles. The second-order valence-electron chi connectivity index (χ2n) is 17.0. The lowest BCUT2D eigenvalue weighted by Gasteiger charge is -2.41. The predicted molar refractivity (Wildman–Crippen MR) is 257 cm³/mol. The standard InChI is InChI=1S/C51H83O14P/c1-3-5-7-9-11-13-14-15-16-17-18-19-20-21-22-24-26-28-33-37-44(52)61-39-41(40-62-66(59,60)65-51-49(57)47(55)46(54)48(56)50(51)58)63-45(53)38-34-30-29-32-36-43-42(64-43)35-31-27-25-23-12-10-8-6-4-2/h5,7,11-13,15-16,18-19,23,27,29,31-32,41-43,46-51,54-58H,3-4,6,8-10,14,17,20-22,24-26,28,30,33-40H2,1-2H3,(H,59,60)/b7-5-,13-11-,16-15-,19-18-,23-12-,31-27-,32-29-/t41-,42?,43?,46?,47-,48+,49-,50-,51?/m1/s1. The van der Waals surface area contributed by atoms with Gasteiger partial charge in [0.25, 0.3) is 0 Å². The number of phosphoric ester groups is 1. The second kappa shape index (κ2) is 37.0. The zero-order chi connectivity index (χ0) is 48.3. The Kier molecular flexibility index (Phi) is 33.1. The Bertz CT molecular complexity index is 1540. The topological polar surface area (TPSA) is 222 Å². The van der Waals surface area contributed by atoms with Gasteiger partial charge >= 0.3 is 19.8 Å². The smallest absolute Gasteiger partial charge is 0.462 e. The van der Waals surface area contributed by atoms with Crippen molar-refractivity contribution in [2.24, 2.45) is 0 Å². The number of aliphatic hydroxyl groups excluding tert-OH is 5. The van der Waals surface area contributed by atoms with E-state index in [2.05, 4.69) is 86.8 Å². The predicted octanol–water partition coefficient (Wildman–Crippen LogP) is 9.04. The fourth-order valence-electron chi connectivity index (χ4n) is 7.08. The first-order chi connectivity index (χ1) is 31.9. The normalized spacial score (nSPS) is 25.1. The van der Waals surface area contributed by atoms with Gasteiger partial charge in [0.1, 0.15) is 43.2 Å². The van der Waals surface area contributed by atoms with Crippen molar-refractivity contribution in [3.63, 3.8) is 0 Å². The van der Waals surface area contributed by atoms with Crippen molar-refractivity contribution in [1.29, 1.82) is 0 Å². The van der Waals surface area contributed by atoms with E-state index in [1.54, 1.807) is 0 Å². The highest BCUT2D eigenvalue weighted by Gasteiger charge is 2.51. The molecule has 66 heavy (non-hydrogen) atoms. The van der Waals surface area contributed by atoms with Crippen LogP contribution in [0.25, 0.3) is 0 Å². The summed E-state index contributed by atoms with van der Waals surface area (Å²) in [5.74, 6) is -1.20. The van der Waals surface area contributed by atoms with Gasteiger partial charge in [0.15, 0.2) is 6.10 Å². The highest BCUT2D eigenvalue weighted by Crippen LogP contribution is 2.47. The Hall–Kier alpha value is -3.01. The van der Waals surface area contributed by atoms with Gasteiger partial charge in [0.05, 0.1) is 18.8 Å². The van der Waals surface area contributed by atoms with E-state index in [0.717, 1.165) is 89.9 Å². The van der Waals surface area contributed by atoms with Gasteiger partial charge in [0.2, 0.25) is 0 Å². The number of esters is 2. The van der Waals surface area contributed by atoms with Crippen LogP contribution in [0, 0.1) is 0 Å². The minimum atomic E-state index is -5.15. The molecule has 10 atom stereocenters. The van der Waals surface area contributed by atoms with Crippen molar-refractivity contribution in [2.45, 2.75) is 210 Å². The number of carbonyl (C=O) groups excluding carboxylic acids is 2. The van der Waals surface area contributed by atoms with E-state index in [1.165, 1.54) is 19.3 Å². The van der Waals surface area contributed by atoms with E-state index in [-0.39, 0.29) is 25.0 Å². The molecule has 0 spiro atoms. The summed E-state index contributed by atoms with van der Waals surface area (Å²) in [5, 5.41) is 50.3. The number of hydrogen-bond acceptors (Lipinski definition) is 13. The van der Waals surface area contributed by atoms with Crippen molar-refractivity contribution < 1.29 is 67.8 Å². The summed E-state index contributed by atoms with van der Waals surface area (Å²) in [6.07, 6.45) is 36.5. The van der Waals surface area contributed by atoms with E-state index in [4.69, 9.17) is 23.3 Å². The highest BCUT2D eigenvalue weighted by atomic mass is 31.2. The Balaban J connectivity index is 1.72. The van der Waals surface area contributed by atoms with E-state index >= 15 is 0 Å². The van der Waals surface area contributed by atoms with Crippen LogP contribution in [0.15, 0.2) is 85.1 Å². The van der Waals surface area contributed by atoms with Crippen molar-refractivity contribution in [2.75, 3.05) is 13.2 Å². The summed E-state index contributed by atoms with van der Waals surface area (Å²) in [4.78, 5) is 35.8. The fourth-order valence-corrected chi connectivity index (χ4v) is 8.05. The molecule has 6 N–H and O–H groups in total. The molecule has 2 fully saturated rings. The number of phosphoric acid groups is 1. The molecule has 14 nitrogen and oxygen atoms in total. The maximum absolute atomic E-state index is 12.8. The van der Waals surface area contributed by atoms with E-state index in [0.29, 0.717) is 19.3 Å². The summed E-state index contributed by atoms with van der Waals surface area (Å²) in [7, 11) is -5.15. The Morgan fingerprint density at radius 3 is 1.59 bits per heavy atom. The van der Waals surface area contributed by atoms with Crippen LogP contribution in [0.2, 0.25) is 0 Å². The van der Waals surface area contributed by atoms with Gasteiger partial charge in [-0.05, 0) is 89.9 Å². The molecule has 1 saturated heterocycles.